The quantitative estimate of drug-likeness (QED) is 0.588. The number of amides is 1. The average molecular weight is 191 g/mol. The lowest BCUT2D eigenvalue weighted by atomic mass is 10.2. The van der Waals surface area contributed by atoms with Gasteiger partial charge in [-0.1, -0.05) is 18.2 Å². The number of rotatable bonds is 1. The molecule has 74 valence electrons. The molecule has 1 aliphatic heterocycles. The number of hydrogen-bond donors (Lipinski definition) is 3. The van der Waals surface area contributed by atoms with Crippen molar-refractivity contribution >= 4 is 11.6 Å². The van der Waals surface area contributed by atoms with Gasteiger partial charge in [-0.3, -0.25) is 4.79 Å². The first-order valence-electron chi connectivity index (χ1n) is 4.62. The number of hydrogen-bond acceptors (Lipinski definition) is 3. The maximum absolute atomic E-state index is 11.0. The number of benzene rings is 1. The molecule has 0 spiro atoms. The summed E-state index contributed by atoms with van der Waals surface area (Å²) in [5, 5.41) is 6.29. The molecule has 4 heteroatoms. The second kappa shape index (κ2) is 3.67. The average Bonchev–Trinajstić information content (AvgIpc) is 2.39. The minimum atomic E-state index is -0.325. The number of carbonyl (C=O) groups excluding carboxylic acids is 1. The third-order valence-corrected chi connectivity index (χ3v) is 2.35. The molecule has 4 nitrogen and oxygen atoms in total. The highest BCUT2D eigenvalue weighted by Gasteiger charge is 2.18. The Morgan fingerprint density at radius 2 is 2.21 bits per heavy atom. The van der Waals surface area contributed by atoms with Crippen LogP contribution in [0, 0.1) is 0 Å². The Morgan fingerprint density at radius 3 is 3.00 bits per heavy atom. The molecule has 1 aromatic carbocycles. The first-order valence-corrected chi connectivity index (χ1v) is 4.62. The molecule has 0 bridgehead atoms. The van der Waals surface area contributed by atoms with Crippen LogP contribution >= 0.6 is 0 Å². The van der Waals surface area contributed by atoms with Crippen molar-refractivity contribution in [2.45, 2.75) is 12.6 Å². The number of primary amides is 1. The van der Waals surface area contributed by atoms with Gasteiger partial charge in [0.1, 0.15) is 6.04 Å². The summed E-state index contributed by atoms with van der Waals surface area (Å²) in [6, 6.07) is 7.58. The molecule has 0 aromatic heterocycles. The fourth-order valence-electron chi connectivity index (χ4n) is 1.58. The molecule has 1 heterocycles. The van der Waals surface area contributed by atoms with Crippen LogP contribution in [0.4, 0.5) is 5.69 Å². The monoisotopic (exact) mass is 191 g/mol. The van der Waals surface area contributed by atoms with E-state index in [4.69, 9.17) is 5.73 Å². The molecule has 4 N–H and O–H groups in total. The second-order valence-electron chi connectivity index (χ2n) is 3.39. The molecule has 1 unspecified atom stereocenters. The zero-order valence-corrected chi connectivity index (χ0v) is 7.79. The second-order valence-corrected chi connectivity index (χ2v) is 3.39. The van der Waals surface area contributed by atoms with Crippen molar-refractivity contribution < 1.29 is 4.79 Å². The lowest BCUT2D eigenvalue weighted by Crippen LogP contribution is -2.41. The van der Waals surface area contributed by atoms with E-state index in [1.165, 1.54) is 0 Å². The van der Waals surface area contributed by atoms with Gasteiger partial charge in [0.25, 0.3) is 0 Å². The fraction of sp³-hybridized carbons (Fsp3) is 0.300. The summed E-state index contributed by atoms with van der Waals surface area (Å²) in [5.74, 6) is -0.325. The van der Waals surface area contributed by atoms with E-state index >= 15 is 0 Å². The summed E-state index contributed by atoms with van der Waals surface area (Å²) in [5.41, 5.74) is 7.40. The maximum atomic E-state index is 11.0. The zero-order chi connectivity index (χ0) is 9.97. The van der Waals surface area contributed by atoms with E-state index < -0.39 is 0 Å². The standard InChI is InChI=1S/C10H13N3O/c11-10(14)9-6-12-5-7-3-1-2-4-8(7)13-9/h1-4,9,12-13H,5-6H2,(H2,11,14). The highest BCUT2D eigenvalue weighted by atomic mass is 16.1. The lowest BCUT2D eigenvalue weighted by molar-refractivity contribution is -0.118. The van der Waals surface area contributed by atoms with Crippen molar-refractivity contribution in [1.29, 1.82) is 0 Å². The molecule has 1 aliphatic rings. The Bertz CT molecular complexity index is 351. The SMILES string of the molecule is NC(=O)C1CNCc2ccccc2N1. The van der Waals surface area contributed by atoms with Crippen molar-refractivity contribution in [3.8, 4) is 0 Å². The Balaban J connectivity index is 2.26. The van der Waals surface area contributed by atoms with Crippen molar-refractivity contribution in [3.63, 3.8) is 0 Å². The lowest BCUT2D eigenvalue weighted by Gasteiger charge is -2.13. The van der Waals surface area contributed by atoms with E-state index in [1.807, 2.05) is 24.3 Å². The van der Waals surface area contributed by atoms with Crippen LogP contribution in [0.2, 0.25) is 0 Å². The van der Waals surface area contributed by atoms with Crippen LogP contribution in [0.15, 0.2) is 24.3 Å². The number of fused-ring (bicyclic) bond motifs is 1. The predicted octanol–water partition coefficient (Wildman–Crippen LogP) is 0.0556. The van der Waals surface area contributed by atoms with Gasteiger partial charge < -0.3 is 16.4 Å². The van der Waals surface area contributed by atoms with E-state index in [9.17, 15) is 4.79 Å². The summed E-state index contributed by atoms with van der Waals surface area (Å²) in [6.07, 6.45) is 0. The third-order valence-electron chi connectivity index (χ3n) is 2.35. The molecule has 2 rings (SSSR count). The van der Waals surface area contributed by atoms with Crippen LogP contribution in [0.25, 0.3) is 0 Å². The van der Waals surface area contributed by atoms with E-state index in [1.54, 1.807) is 0 Å². The van der Waals surface area contributed by atoms with Crippen LogP contribution in [0.1, 0.15) is 5.56 Å². The van der Waals surface area contributed by atoms with Crippen molar-refractivity contribution in [1.82, 2.24) is 5.32 Å². The predicted molar refractivity (Wildman–Crippen MR) is 54.8 cm³/mol. The number of carbonyl (C=O) groups is 1. The van der Waals surface area contributed by atoms with Gasteiger partial charge in [0.15, 0.2) is 0 Å². The summed E-state index contributed by atoms with van der Waals surface area (Å²) >= 11 is 0. The van der Waals surface area contributed by atoms with Gasteiger partial charge in [-0.25, -0.2) is 0 Å². The smallest absolute Gasteiger partial charge is 0.241 e. The molecule has 1 amide bonds. The van der Waals surface area contributed by atoms with E-state index in [-0.39, 0.29) is 11.9 Å². The van der Waals surface area contributed by atoms with Crippen molar-refractivity contribution in [2.75, 3.05) is 11.9 Å². The normalized spacial score (nSPS) is 20.4. The summed E-state index contributed by atoms with van der Waals surface area (Å²) in [7, 11) is 0. The molecule has 0 saturated carbocycles. The van der Waals surface area contributed by atoms with Crippen LogP contribution in [0.3, 0.4) is 0 Å². The van der Waals surface area contributed by atoms with Crippen molar-refractivity contribution in [2.24, 2.45) is 5.73 Å². The Labute approximate surface area is 82.5 Å². The Kier molecular flexibility index (Phi) is 2.37. The fourth-order valence-corrected chi connectivity index (χ4v) is 1.58. The van der Waals surface area contributed by atoms with Crippen LogP contribution in [-0.4, -0.2) is 18.5 Å². The minimum Gasteiger partial charge on any atom is -0.372 e. The zero-order valence-electron chi connectivity index (χ0n) is 7.79. The van der Waals surface area contributed by atoms with Gasteiger partial charge in [-0.05, 0) is 11.6 Å². The molecule has 0 saturated heterocycles. The molecule has 14 heavy (non-hydrogen) atoms. The first kappa shape index (κ1) is 9.02. The minimum absolute atomic E-state index is 0.321. The number of nitrogens with two attached hydrogens (primary N) is 1. The molecular formula is C10H13N3O. The van der Waals surface area contributed by atoms with E-state index in [0.29, 0.717) is 6.54 Å². The van der Waals surface area contributed by atoms with Gasteiger partial charge in [-0.15, -0.1) is 0 Å². The van der Waals surface area contributed by atoms with E-state index in [2.05, 4.69) is 10.6 Å². The van der Waals surface area contributed by atoms with Gasteiger partial charge in [0.2, 0.25) is 5.91 Å². The first-order chi connectivity index (χ1) is 6.77. The van der Waals surface area contributed by atoms with Gasteiger partial charge in [0, 0.05) is 18.8 Å². The maximum Gasteiger partial charge on any atom is 0.241 e. The molecule has 0 fully saturated rings. The largest absolute Gasteiger partial charge is 0.372 e. The molecular weight excluding hydrogens is 178 g/mol. The molecule has 0 aliphatic carbocycles. The van der Waals surface area contributed by atoms with Gasteiger partial charge >= 0.3 is 0 Å². The highest BCUT2D eigenvalue weighted by Crippen LogP contribution is 2.17. The molecule has 1 aromatic rings. The third kappa shape index (κ3) is 1.70. The topological polar surface area (TPSA) is 67.2 Å². The molecule has 1 atom stereocenters. The molecule has 0 radical (unpaired) electrons. The van der Waals surface area contributed by atoms with Crippen LogP contribution < -0.4 is 16.4 Å². The summed E-state index contributed by atoms with van der Waals surface area (Å²) in [6.45, 7) is 1.34. The Morgan fingerprint density at radius 1 is 1.43 bits per heavy atom. The number of nitrogens with one attached hydrogen (secondary N) is 2. The van der Waals surface area contributed by atoms with E-state index in [0.717, 1.165) is 17.8 Å². The van der Waals surface area contributed by atoms with Crippen molar-refractivity contribution in [3.05, 3.63) is 29.8 Å². The van der Waals surface area contributed by atoms with Crippen LogP contribution in [-0.2, 0) is 11.3 Å². The Hall–Kier alpha value is -1.55. The summed E-state index contributed by atoms with van der Waals surface area (Å²) < 4.78 is 0. The van der Waals surface area contributed by atoms with Gasteiger partial charge in [0.05, 0.1) is 0 Å². The van der Waals surface area contributed by atoms with Gasteiger partial charge in [-0.2, -0.15) is 0 Å². The highest BCUT2D eigenvalue weighted by molar-refractivity contribution is 5.83. The summed E-state index contributed by atoms with van der Waals surface area (Å²) in [4.78, 5) is 11.0. The van der Waals surface area contributed by atoms with Crippen LogP contribution in [0.5, 0.6) is 0 Å². The number of para-hydroxylation sites is 1. The number of anilines is 1.